The minimum absolute atomic E-state index is 0.208. The molecule has 1 heterocycles. The Bertz CT molecular complexity index is 636. The van der Waals surface area contributed by atoms with Crippen molar-refractivity contribution in [2.24, 2.45) is 0 Å². The number of imidazole rings is 1. The van der Waals surface area contributed by atoms with Crippen molar-refractivity contribution in [1.29, 1.82) is 0 Å². The average molecular weight is 309 g/mol. The number of rotatable bonds is 6. The number of aryl methyl sites for hydroxylation is 1. The predicted molar refractivity (Wildman–Crippen MR) is 84.7 cm³/mol. The Morgan fingerprint density at radius 1 is 1.38 bits per heavy atom. The van der Waals surface area contributed by atoms with E-state index in [0.717, 1.165) is 36.2 Å². The molecular weight excluding hydrogens is 288 g/mol. The third-order valence-corrected chi connectivity index (χ3v) is 3.83. The van der Waals surface area contributed by atoms with Gasteiger partial charge in [0.2, 0.25) is 0 Å². The monoisotopic (exact) mass is 308 g/mol. The fourth-order valence-corrected chi connectivity index (χ4v) is 2.90. The van der Waals surface area contributed by atoms with Crippen molar-refractivity contribution in [2.75, 3.05) is 6.61 Å². The number of ether oxygens (including phenoxy) is 1. The van der Waals surface area contributed by atoms with Crippen LogP contribution in [0.4, 0.5) is 0 Å². The maximum absolute atomic E-state index is 12.3. The number of aromatic nitrogens is 2. The Kier molecular flexibility index (Phi) is 5.23. The molecule has 0 aliphatic rings. The molecule has 2 aromatic rings. The summed E-state index contributed by atoms with van der Waals surface area (Å²) >= 11 is 6.30. The lowest BCUT2D eigenvalue weighted by Crippen LogP contribution is -2.20. The van der Waals surface area contributed by atoms with Crippen LogP contribution in [-0.4, -0.2) is 22.1 Å². The molecule has 114 valence electrons. The van der Waals surface area contributed by atoms with Gasteiger partial charge in [0.05, 0.1) is 22.7 Å². The van der Waals surface area contributed by atoms with Crippen LogP contribution in [-0.2, 0) is 16.1 Å². The molecule has 0 aliphatic carbocycles. The Balaban J connectivity index is 2.56. The molecule has 0 fully saturated rings. The van der Waals surface area contributed by atoms with Crippen molar-refractivity contribution >= 4 is 28.6 Å². The zero-order valence-corrected chi connectivity index (χ0v) is 13.5. The minimum Gasteiger partial charge on any atom is -0.465 e. The second kappa shape index (κ2) is 6.94. The molecular formula is C16H21ClN2O2. The van der Waals surface area contributed by atoms with Crippen molar-refractivity contribution < 1.29 is 9.53 Å². The third-order valence-electron chi connectivity index (χ3n) is 3.52. The Labute approximate surface area is 130 Å². The molecule has 0 radical (unpaired) electrons. The molecule has 0 bridgehead atoms. The summed E-state index contributed by atoms with van der Waals surface area (Å²) in [6.45, 7) is 7.00. The third kappa shape index (κ3) is 3.05. The van der Waals surface area contributed by atoms with Crippen molar-refractivity contribution in [3.05, 3.63) is 29.0 Å². The first kappa shape index (κ1) is 15.8. The topological polar surface area (TPSA) is 44.1 Å². The molecule has 4 nitrogen and oxygen atoms in total. The van der Waals surface area contributed by atoms with Gasteiger partial charge in [-0.2, -0.15) is 0 Å². The summed E-state index contributed by atoms with van der Waals surface area (Å²) in [5.41, 5.74) is 1.71. The number of benzene rings is 1. The maximum atomic E-state index is 12.3. The highest BCUT2D eigenvalue weighted by molar-refractivity contribution is 6.35. The second-order valence-corrected chi connectivity index (χ2v) is 5.32. The highest BCUT2D eigenvalue weighted by Crippen LogP contribution is 2.30. The van der Waals surface area contributed by atoms with E-state index in [9.17, 15) is 4.79 Å². The number of carbonyl (C=O) groups is 1. The first-order chi connectivity index (χ1) is 10.1. The van der Waals surface area contributed by atoms with Gasteiger partial charge >= 0.3 is 5.97 Å². The summed E-state index contributed by atoms with van der Waals surface area (Å²) < 4.78 is 7.23. The van der Waals surface area contributed by atoms with Crippen LogP contribution in [0.5, 0.6) is 0 Å². The Morgan fingerprint density at radius 3 is 2.76 bits per heavy atom. The van der Waals surface area contributed by atoms with Gasteiger partial charge in [0, 0.05) is 6.54 Å². The van der Waals surface area contributed by atoms with E-state index in [0.29, 0.717) is 11.6 Å². The van der Waals surface area contributed by atoms with Crippen molar-refractivity contribution in [1.82, 2.24) is 9.55 Å². The number of nitrogens with zero attached hydrogens (tertiary/aromatic N) is 2. The summed E-state index contributed by atoms with van der Waals surface area (Å²) in [4.78, 5) is 16.9. The number of esters is 1. The van der Waals surface area contributed by atoms with E-state index >= 15 is 0 Å². The van der Waals surface area contributed by atoms with E-state index in [2.05, 4.69) is 11.9 Å². The fraction of sp³-hybridized carbons (Fsp3) is 0.500. The zero-order chi connectivity index (χ0) is 15.4. The standard InChI is InChI=1S/C16H21ClN2O2/c1-4-8-11(16(20)21-6-3)15-18-13-10-7-9-12(17)14(13)19(15)5-2/h7,9-11H,4-6,8H2,1-3H3. The van der Waals surface area contributed by atoms with Crippen LogP contribution in [0.3, 0.4) is 0 Å². The molecule has 0 saturated carbocycles. The Morgan fingerprint density at radius 2 is 2.14 bits per heavy atom. The van der Waals surface area contributed by atoms with Crippen LogP contribution < -0.4 is 0 Å². The largest absolute Gasteiger partial charge is 0.465 e. The van der Waals surface area contributed by atoms with Crippen molar-refractivity contribution in [3.63, 3.8) is 0 Å². The van der Waals surface area contributed by atoms with Gasteiger partial charge in [0.1, 0.15) is 11.7 Å². The normalized spacial score (nSPS) is 12.6. The molecule has 1 unspecified atom stereocenters. The minimum atomic E-state index is -0.335. The summed E-state index contributed by atoms with van der Waals surface area (Å²) in [6, 6.07) is 5.65. The SMILES string of the molecule is CCCC(C(=O)OCC)c1nc2cccc(Cl)c2n1CC. The summed E-state index contributed by atoms with van der Waals surface area (Å²) in [5, 5.41) is 0.659. The first-order valence-corrected chi connectivity index (χ1v) is 7.83. The lowest BCUT2D eigenvalue weighted by molar-refractivity contribution is -0.145. The number of para-hydroxylation sites is 1. The van der Waals surface area contributed by atoms with Crippen LogP contribution >= 0.6 is 11.6 Å². The van der Waals surface area contributed by atoms with Crippen molar-refractivity contribution in [3.8, 4) is 0 Å². The molecule has 0 spiro atoms. The van der Waals surface area contributed by atoms with Crippen LogP contribution in [0.25, 0.3) is 11.0 Å². The number of hydrogen-bond acceptors (Lipinski definition) is 3. The van der Waals surface area contributed by atoms with E-state index in [1.54, 1.807) is 0 Å². The summed E-state index contributed by atoms with van der Waals surface area (Å²) in [7, 11) is 0. The van der Waals surface area contributed by atoms with Gasteiger partial charge in [-0.3, -0.25) is 4.79 Å². The van der Waals surface area contributed by atoms with E-state index in [1.165, 1.54) is 0 Å². The zero-order valence-electron chi connectivity index (χ0n) is 12.7. The van der Waals surface area contributed by atoms with Crippen LogP contribution in [0.2, 0.25) is 5.02 Å². The lowest BCUT2D eigenvalue weighted by Gasteiger charge is -2.16. The number of halogens is 1. The van der Waals surface area contributed by atoms with E-state index < -0.39 is 0 Å². The predicted octanol–water partition coefficient (Wildman–Crippen LogP) is 4.16. The molecule has 2 rings (SSSR count). The van der Waals surface area contributed by atoms with E-state index in [-0.39, 0.29) is 11.9 Å². The smallest absolute Gasteiger partial charge is 0.316 e. The molecule has 0 amide bonds. The fourth-order valence-electron chi connectivity index (χ4n) is 2.63. The van der Waals surface area contributed by atoms with Gasteiger partial charge in [0.15, 0.2) is 0 Å². The average Bonchev–Trinajstić information content (AvgIpc) is 2.84. The number of carbonyl (C=O) groups excluding carboxylic acids is 1. The summed E-state index contributed by atoms with van der Waals surface area (Å²) in [5.74, 6) is 0.208. The molecule has 0 saturated heterocycles. The highest BCUT2D eigenvalue weighted by atomic mass is 35.5. The number of fused-ring (bicyclic) bond motifs is 1. The van der Waals surface area contributed by atoms with Gasteiger partial charge < -0.3 is 9.30 Å². The van der Waals surface area contributed by atoms with Gasteiger partial charge in [-0.05, 0) is 32.4 Å². The quantitative estimate of drug-likeness (QED) is 0.753. The molecule has 1 atom stereocenters. The van der Waals surface area contributed by atoms with Crippen LogP contribution in [0.15, 0.2) is 18.2 Å². The van der Waals surface area contributed by atoms with E-state index in [1.807, 2.05) is 36.6 Å². The molecule has 1 aromatic heterocycles. The molecule has 0 aliphatic heterocycles. The van der Waals surface area contributed by atoms with Crippen molar-refractivity contribution in [2.45, 2.75) is 46.1 Å². The van der Waals surface area contributed by atoms with Gasteiger partial charge in [-0.25, -0.2) is 4.98 Å². The summed E-state index contributed by atoms with van der Waals surface area (Å²) in [6.07, 6.45) is 1.61. The van der Waals surface area contributed by atoms with Gasteiger partial charge in [-0.15, -0.1) is 0 Å². The lowest BCUT2D eigenvalue weighted by atomic mass is 10.0. The first-order valence-electron chi connectivity index (χ1n) is 7.45. The second-order valence-electron chi connectivity index (χ2n) is 4.92. The van der Waals surface area contributed by atoms with Gasteiger partial charge in [-0.1, -0.05) is 31.0 Å². The van der Waals surface area contributed by atoms with Crippen LogP contribution in [0, 0.1) is 0 Å². The molecule has 0 N–H and O–H groups in total. The van der Waals surface area contributed by atoms with Crippen LogP contribution in [0.1, 0.15) is 45.4 Å². The molecule has 5 heteroatoms. The maximum Gasteiger partial charge on any atom is 0.316 e. The van der Waals surface area contributed by atoms with E-state index in [4.69, 9.17) is 16.3 Å². The Hall–Kier alpha value is -1.55. The van der Waals surface area contributed by atoms with Gasteiger partial charge in [0.25, 0.3) is 0 Å². The molecule has 1 aromatic carbocycles. The number of hydrogen-bond donors (Lipinski definition) is 0. The highest BCUT2D eigenvalue weighted by Gasteiger charge is 2.27. The molecule has 21 heavy (non-hydrogen) atoms.